The van der Waals surface area contributed by atoms with Crippen molar-refractivity contribution in [2.45, 2.75) is 45.5 Å². The van der Waals surface area contributed by atoms with Gasteiger partial charge in [-0.1, -0.05) is 13.8 Å². The van der Waals surface area contributed by atoms with E-state index in [2.05, 4.69) is 33.5 Å². The van der Waals surface area contributed by atoms with E-state index >= 15 is 0 Å². The Morgan fingerprint density at radius 2 is 1.44 bits per heavy atom. The maximum atomic E-state index is 6.31. The molecule has 0 N–H and O–H groups in total. The van der Waals surface area contributed by atoms with Crippen LogP contribution < -0.4 is 0 Å². The Hall–Kier alpha value is 0.0969. The van der Waals surface area contributed by atoms with Crippen LogP contribution in [0.3, 0.4) is 0 Å². The second-order valence-electron chi connectivity index (χ2n) is 5.86. The smallest absolute Gasteiger partial charge is 0.184 e. The molecule has 0 aliphatic rings. The second-order valence-corrected chi connectivity index (χ2v) is 10.3. The van der Waals surface area contributed by atoms with Crippen molar-refractivity contribution in [2.75, 3.05) is 27.4 Å². The zero-order chi connectivity index (χ0) is 12.8. The van der Waals surface area contributed by atoms with Crippen LogP contribution in [0.25, 0.3) is 0 Å². The number of methoxy groups -OCH3 is 2. The molecule has 0 aromatic heterocycles. The van der Waals surface area contributed by atoms with E-state index in [0.29, 0.717) is 19.1 Å². The van der Waals surface area contributed by atoms with Crippen molar-refractivity contribution in [3.8, 4) is 0 Å². The van der Waals surface area contributed by atoms with Crippen molar-refractivity contribution < 1.29 is 13.9 Å². The molecule has 0 radical (unpaired) electrons. The third-order valence-corrected chi connectivity index (χ3v) is 3.16. The van der Waals surface area contributed by atoms with Gasteiger partial charge in [-0.2, -0.15) is 0 Å². The lowest BCUT2D eigenvalue weighted by atomic mass is 9.94. The summed E-state index contributed by atoms with van der Waals surface area (Å²) < 4.78 is 17.0. The van der Waals surface area contributed by atoms with Crippen molar-refractivity contribution in [2.24, 2.45) is 5.92 Å². The summed E-state index contributed by atoms with van der Waals surface area (Å²) in [6.07, 6.45) is 0.971. The van der Waals surface area contributed by atoms with Gasteiger partial charge in [0.1, 0.15) is 5.60 Å². The van der Waals surface area contributed by atoms with Gasteiger partial charge in [0.15, 0.2) is 8.32 Å². The molecule has 0 saturated carbocycles. The van der Waals surface area contributed by atoms with Crippen LogP contribution in [-0.4, -0.2) is 41.4 Å². The lowest BCUT2D eigenvalue weighted by molar-refractivity contribution is -0.0753. The van der Waals surface area contributed by atoms with E-state index in [1.807, 2.05) is 0 Å². The molecule has 0 rings (SSSR count). The Morgan fingerprint density at radius 1 is 1.00 bits per heavy atom. The van der Waals surface area contributed by atoms with Crippen molar-refractivity contribution in [1.82, 2.24) is 0 Å². The highest BCUT2D eigenvalue weighted by molar-refractivity contribution is 6.69. The Balaban J connectivity index is 4.77. The maximum absolute atomic E-state index is 6.31. The molecule has 0 fully saturated rings. The summed E-state index contributed by atoms with van der Waals surface area (Å²) in [5.41, 5.74) is -0.276. The van der Waals surface area contributed by atoms with E-state index in [1.165, 1.54) is 0 Å². The minimum Gasteiger partial charge on any atom is -0.407 e. The number of hydrogen-bond acceptors (Lipinski definition) is 3. The van der Waals surface area contributed by atoms with Gasteiger partial charge < -0.3 is 13.9 Å². The Bertz CT molecular complexity index is 181. The molecule has 0 unspecified atom stereocenters. The fourth-order valence-corrected chi connectivity index (χ4v) is 3.68. The molecule has 0 atom stereocenters. The number of hydrogen-bond donors (Lipinski definition) is 0. The Kier molecular flexibility index (Phi) is 6.78. The first kappa shape index (κ1) is 16.1. The van der Waals surface area contributed by atoms with E-state index in [1.54, 1.807) is 14.2 Å². The minimum absolute atomic E-state index is 0.276. The van der Waals surface area contributed by atoms with Crippen LogP contribution in [0.1, 0.15) is 20.3 Å². The molecule has 0 aliphatic heterocycles. The molecular weight excluding hydrogens is 220 g/mol. The lowest BCUT2D eigenvalue weighted by Crippen LogP contribution is -2.50. The predicted octanol–water partition coefficient (Wildman–Crippen LogP) is 2.92. The van der Waals surface area contributed by atoms with Crippen LogP contribution in [-0.2, 0) is 13.9 Å². The fraction of sp³-hybridized carbons (Fsp3) is 1.00. The number of rotatable bonds is 8. The Morgan fingerprint density at radius 3 is 1.69 bits per heavy atom. The topological polar surface area (TPSA) is 27.7 Å². The van der Waals surface area contributed by atoms with Gasteiger partial charge in [0, 0.05) is 14.2 Å². The molecule has 4 heteroatoms. The molecule has 98 valence electrons. The van der Waals surface area contributed by atoms with Crippen LogP contribution in [0.4, 0.5) is 0 Å². The summed E-state index contributed by atoms with van der Waals surface area (Å²) in [6, 6.07) is 0. The highest BCUT2D eigenvalue weighted by Gasteiger charge is 2.36. The summed E-state index contributed by atoms with van der Waals surface area (Å²) in [7, 11) is 1.85. The normalized spacial score (nSPS) is 13.5. The molecule has 0 spiro atoms. The molecule has 0 saturated heterocycles. The third-order valence-electron chi connectivity index (χ3n) is 2.12. The summed E-state index contributed by atoms with van der Waals surface area (Å²) in [4.78, 5) is 0. The quantitative estimate of drug-likeness (QED) is 0.618. The molecule has 0 amide bonds. The summed E-state index contributed by atoms with van der Waals surface area (Å²) in [6.45, 7) is 12.2. The lowest BCUT2D eigenvalue weighted by Gasteiger charge is -2.39. The van der Waals surface area contributed by atoms with Gasteiger partial charge in [0.05, 0.1) is 13.2 Å². The summed E-state index contributed by atoms with van der Waals surface area (Å²) >= 11 is 0. The van der Waals surface area contributed by atoms with E-state index in [4.69, 9.17) is 13.9 Å². The van der Waals surface area contributed by atoms with Crippen molar-refractivity contribution >= 4 is 8.32 Å². The van der Waals surface area contributed by atoms with E-state index in [-0.39, 0.29) is 5.60 Å². The minimum atomic E-state index is -1.59. The van der Waals surface area contributed by atoms with Crippen molar-refractivity contribution in [1.29, 1.82) is 0 Å². The van der Waals surface area contributed by atoms with Crippen LogP contribution in [0.2, 0.25) is 19.6 Å². The van der Waals surface area contributed by atoms with Crippen LogP contribution in [0.5, 0.6) is 0 Å². The van der Waals surface area contributed by atoms with Crippen LogP contribution in [0, 0.1) is 5.92 Å². The maximum Gasteiger partial charge on any atom is 0.184 e. The van der Waals surface area contributed by atoms with Crippen molar-refractivity contribution in [3.05, 3.63) is 0 Å². The molecule has 0 heterocycles. The van der Waals surface area contributed by atoms with Crippen LogP contribution in [0.15, 0.2) is 0 Å². The third kappa shape index (κ3) is 6.63. The molecule has 0 aliphatic carbocycles. The van der Waals surface area contributed by atoms with Crippen molar-refractivity contribution in [3.63, 3.8) is 0 Å². The van der Waals surface area contributed by atoms with Gasteiger partial charge in [-0.3, -0.25) is 0 Å². The van der Waals surface area contributed by atoms with E-state index < -0.39 is 8.32 Å². The molecule has 0 aromatic rings. The highest BCUT2D eigenvalue weighted by Crippen LogP contribution is 2.26. The molecule has 16 heavy (non-hydrogen) atoms. The predicted molar refractivity (Wildman–Crippen MR) is 70.4 cm³/mol. The molecule has 0 bridgehead atoms. The van der Waals surface area contributed by atoms with E-state index in [0.717, 1.165) is 6.42 Å². The van der Waals surface area contributed by atoms with Gasteiger partial charge >= 0.3 is 0 Å². The average molecular weight is 248 g/mol. The zero-order valence-corrected chi connectivity index (χ0v) is 12.9. The number of ether oxygens (including phenoxy) is 2. The highest BCUT2D eigenvalue weighted by atomic mass is 28.4. The van der Waals surface area contributed by atoms with Crippen LogP contribution >= 0.6 is 0 Å². The second kappa shape index (κ2) is 6.74. The largest absolute Gasteiger partial charge is 0.407 e. The molecular formula is C12H28O3Si. The van der Waals surface area contributed by atoms with Gasteiger partial charge in [-0.25, -0.2) is 0 Å². The van der Waals surface area contributed by atoms with Gasteiger partial charge in [-0.05, 0) is 32.0 Å². The Labute approximate surface area is 102 Å². The standard InChI is InChI=1S/C12H28O3Si/c1-11(2)8-12(9-13-3,10-14-4)15-16(5,6)7/h11H,8-10H2,1-7H3. The fourth-order valence-electron chi connectivity index (χ4n) is 2.18. The van der Waals surface area contributed by atoms with Gasteiger partial charge in [0.25, 0.3) is 0 Å². The summed E-state index contributed by atoms with van der Waals surface area (Å²) in [5, 5.41) is 0. The summed E-state index contributed by atoms with van der Waals surface area (Å²) in [5.74, 6) is 0.571. The zero-order valence-electron chi connectivity index (χ0n) is 11.9. The first-order valence-corrected chi connectivity index (χ1v) is 9.33. The van der Waals surface area contributed by atoms with Gasteiger partial charge in [0.2, 0.25) is 0 Å². The first-order valence-electron chi connectivity index (χ1n) is 5.93. The molecule has 0 aromatic carbocycles. The average Bonchev–Trinajstić information content (AvgIpc) is 1.98. The molecule has 3 nitrogen and oxygen atoms in total. The SMILES string of the molecule is COCC(COC)(CC(C)C)O[Si](C)(C)C. The first-order chi connectivity index (χ1) is 7.24. The van der Waals surface area contributed by atoms with E-state index in [9.17, 15) is 0 Å². The monoisotopic (exact) mass is 248 g/mol. The van der Waals surface area contributed by atoms with Gasteiger partial charge in [-0.15, -0.1) is 0 Å².